The van der Waals surface area contributed by atoms with Crippen LogP contribution in [0.3, 0.4) is 0 Å². The van der Waals surface area contributed by atoms with Crippen molar-refractivity contribution in [3.05, 3.63) is 0 Å². The number of hydrogen-bond acceptors (Lipinski definition) is 4. The van der Waals surface area contributed by atoms with Crippen LogP contribution in [0.1, 0.15) is 39.0 Å². The molecule has 5 heteroatoms. The van der Waals surface area contributed by atoms with Gasteiger partial charge in [-0.3, -0.25) is 9.69 Å². The van der Waals surface area contributed by atoms with Gasteiger partial charge < -0.3 is 15.3 Å². The standard InChI is InChI=1S/C16H29N3O2/c1-12(20)13-4-7-18(10-13)11-16(21)17-14-5-8-19(9-6-14)15-2-3-15/h12-15,20H,2-11H2,1H3,(H,17,21). The van der Waals surface area contributed by atoms with E-state index in [0.29, 0.717) is 18.5 Å². The lowest BCUT2D eigenvalue weighted by Crippen LogP contribution is -2.47. The van der Waals surface area contributed by atoms with Crippen LogP contribution in [-0.4, -0.2) is 71.7 Å². The molecule has 5 nitrogen and oxygen atoms in total. The van der Waals surface area contributed by atoms with Gasteiger partial charge in [-0.25, -0.2) is 0 Å². The molecule has 0 radical (unpaired) electrons. The van der Waals surface area contributed by atoms with Gasteiger partial charge in [-0.15, -0.1) is 0 Å². The van der Waals surface area contributed by atoms with E-state index >= 15 is 0 Å². The van der Waals surface area contributed by atoms with E-state index in [2.05, 4.69) is 15.1 Å². The van der Waals surface area contributed by atoms with E-state index in [1.807, 2.05) is 6.92 Å². The smallest absolute Gasteiger partial charge is 0.234 e. The summed E-state index contributed by atoms with van der Waals surface area (Å²) in [7, 11) is 0. The van der Waals surface area contributed by atoms with Crippen molar-refractivity contribution in [2.24, 2.45) is 5.92 Å². The Morgan fingerprint density at radius 3 is 2.48 bits per heavy atom. The normalized spacial score (nSPS) is 30.5. The zero-order chi connectivity index (χ0) is 14.8. The molecule has 3 fully saturated rings. The molecule has 1 aliphatic carbocycles. The molecule has 2 N–H and O–H groups in total. The Hall–Kier alpha value is -0.650. The second-order valence-corrected chi connectivity index (χ2v) is 7.13. The SMILES string of the molecule is CC(O)C1CCN(CC(=O)NC2CCN(C3CC3)CC2)C1. The van der Waals surface area contributed by atoms with E-state index in [1.54, 1.807) is 0 Å². The maximum absolute atomic E-state index is 12.1. The minimum atomic E-state index is -0.259. The molecule has 2 aliphatic heterocycles. The van der Waals surface area contributed by atoms with Crippen LogP contribution in [0, 0.1) is 5.92 Å². The molecule has 21 heavy (non-hydrogen) atoms. The second kappa shape index (κ2) is 6.63. The highest BCUT2D eigenvalue weighted by Gasteiger charge is 2.32. The quantitative estimate of drug-likeness (QED) is 0.772. The highest BCUT2D eigenvalue weighted by atomic mass is 16.3. The third-order valence-corrected chi connectivity index (χ3v) is 5.32. The van der Waals surface area contributed by atoms with Gasteiger partial charge in [-0.1, -0.05) is 0 Å². The van der Waals surface area contributed by atoms with E-state index in [9.17, 15) is 9.90 Å². The number of carbonyl (C=O) groups is 1. The van der Waals surface area contributed by atoms with Crippen LogP contribution in [0.2, 0.25) is 0 Å². The first-order valence-electron chi connectivity index (χ1n) is 8.55. The van der Waals surface area contributed by atoms with Gasteiger partial charge >= 0.3 is 0 Å². The number of nitrogens with one attached hydrogen (secondary N) is 1. The Labute approximate surface area is 127 Å². The van der Waals surface area contributed by atoms with Crippen molar-refractivity contribution in [3.8, 4) is 0 Å². The zero-order valence-corrected chi connectivity index (χ0v) is 13.1. The Morgan fingerprint density at radius 2 is 1.90 bits per heavy atom. The number of carbonyl (C=O) groups excluding carboxylic acids is 1. The number of likely N-dealkylation sites (tertiary alicyclic amines) is 2. The van der Waals surface area contributed by atoms with Crippen molar-refractivity contribution in [2.75, 3.05) is 32.7 Å². The monoisotopic (exact) mass is 295 g/mol. The molecule has 2 heterocycles. The van der Waals surface area contributed by atoms with E-state index < -0.39 is 0 Å². The second-order valence-electron chi connectivity index (χ2n) is 7.13. The van der Waals surface area contributed by atoms with Crippen molar-refractivity contribution >= 4 is 5.91 Å². The predicted octanol–water partition coefficient (Wildman–Crippen LogP) is 0.432. The van der Waals surface area contributed by atoms with E-state index in [-0.39, 0.29) is 12.0 Å². The molecule has 0 spiro atoms. The van der Waals surface area contributed by atoms with Crippen LogP contribution in [0.5, 0.6) is 0 Å². The average Bonchev–Trinajstić information content (AvgIpc) is 3.19. The Morgan fingerprint density at radius 1 is 1.19 bits per heavy atom. The van der Waals surface area contributed by atoms with E-state index in [0.717, 1.165) is 51.5 Å². The van der Waals surface area contributed by atoms with Gasteiger partial charge in [0, 0.05) is 31.7 Å². The van der Waals surface area contributed by atoms with Gasteiger partial charge in [0.05, 0.1) is 12.6 Å². The predicted molar refractivity (Wildman–Crippen MR) is 82.0 cm³/mol. The molecule has 120 valence electrons. The first-order chi connectivity index (χ1) is 10.1. The molecular weight excluding hydrogens is 266 g/mol. The summed E-state index contributed by atoms with van der Waals surface area (Å²) in [6.45, 7) is 6.41. The summed E-state index contributed by atoms with van der Waals surface area (Å²) in [5, 5.41) is 12.8. The summed E-state index contributed by atoms with van der Waals surface area (Å²) in [6.07, 6.45) is 5.68. The van der Waals surface area contributed by atoms with Crippen molar-refractivity contribution in [2.45, 2.75) is 57.2 Å². The highest BCUT2D eigenvalue weighted by molar-refractivity contribution is 5.78. The summed E-state index contributed by atoms with van der Waals surface area (Å²) in [4.78, 5) is 16.9. The fourth-order valence-electron chi connectivity index (χ4n) is 3.73. The van der Waals surface area contributed by atoms with Crippen LogP contribution in [0.4, 0.5) is 0 Å². The van der Waals surface area contributed by atoms with Crippen LogP contribution in [0.25, 0.3) is 0 Å². The van der Waals surface area contributed by atoms with Crippen LogP contribution in [-0.2, 0) is 4.79 Å². The molecule has 1 saturated carbocycles. The summed E-state index contributed by atoms with van der Waals surface area (Å²) in [5.74, 6) is 0.491. The lowest BCUT2D eigenvalue weighted by Gasteiger charge is -2.32. The maximum atomic E-state index is 12.1. The number of nitrogens with zero attached hydrogens (tertiary/aromatic N) is 2. The average molecular weight is 295 g/mol. The first-order valence-corrected chi connectivity index (χ1v) is 8.55. The van der Waals surface area contributed by atoms with Crippen LogP contribution >= 0.6 is 0 Å². The number of amides is 1. The topological polar surface area (TPSA) is 55.8 Å². The Balaban J connectivity index is 1.35. The highest BCUT2D eigenvalue weighted by Crippen LogP contribution is 2.29. The number of rotatable bonds is 5. The van der Waals surface area contributed by atoms with E-state index in [4.69, 9.17) is 0 Å². The molecular formula is C16H29N3O2. The molecule has 3 aliphatic rings. The van der Waals surface area contributed by atoms with Gasteiger partial charge in [-0.2, -0.15) is 0 Å². The number of hydrogen-bond donors (Lipinski definition) is 2. The van der Waals surface area contributed by atoms with Crippen LogP contribution in [0.15, 0.2) is 0 Å². The maximum Gasteiger partial charge on any atom is 0.234 e. The van der Waals surface area contributed by atoms with Gasteiger partial charge in [0.2, 0.25) is 5.91 Å². The molecule has 0 aromatic carbocycles. The molecule has 0 aromatic rings. The molecule has 3 rings (SSSR count). The molecule has 1 amide bonds. The van der Waals surface area contributed by atoms with Gasteiger partial charge in [0.1, 0.15) is 0 Å². The molecule has 2 saturated heterocycles. The van der Waals surface area contributed by atoms with Gasteiger partial charge in [-0.05, 0) is 51.5 Å². The fourth-order valence-corrected chi connectivity index (χ4v) is 3.73. The Bertz CT molecular complexity index is 363. The van der Waals surface area contributed by atoms with Crippen molar-refractivity contribution in [1.82, 2.24) is 15.1 Å². The van der Waals surface area contributed by atoms with Crippen molar-refractivity contribution in [3.63, 3.8) is 0 Å². The molecule has 0 bridgehead atoms. The minimum Gasteiger partial charge on any atom is -0.393 e. The Kier molecular flexibility index (Phi) is 4.82. The third kappa shape index (κ3) is 4.18. The van der Waals surface area contributed by atoms with E-state index in [1.165, 1.54) is 12.8 Å². The zero-order valence-electron chi connectivity index (χ0n) is 13.1. The largest absolute Gasteiger partial charge is 0.393 e. The molecule has 2 atom stereocenters. The summed E-state index contributed by atoms with van der Waals surface area (Å²) in [6, 6.07) is 1.21. The fraction of sp³-hybridized carbons (Fsp3) is 0.938. The minimum absolute atomic E-state index is 0.158. The van der Waals surface area contributed by atoms with Crippen LogP contribution < -0.4 is 5.32 Å². The van der Waals surface area contributed by atoms with Gasteiger partial charge in [0.25, 0.3) is 0 Å². The molecule has 0 aromatic heterocycles. The number of aliphatic hydroxyl groups excluding tert-OH is 1. The lowest BCUT2D eigenvalue weighted by atomic mass is 10.0. The van der Waals surface area contributed by atoms with Crippen molar-refractivity contribution < 1.29 is 9.90 Å². The van der Waals surface area contributed by atoms with Gasteiger partial charge in [0.15, 0.2) is 0 Å². The summed E-state index contributed by atoms with van der Waals surface area (Å²) in [5.41, 5.74) is 0. The summed E-state index contributed by atoms with van der Waals surface area (Å²) >= 11 is 0. The van der Waals surface area contributed by atoms with Crippen molar-refractivity contribution in [1.29, 1.82) is 0 Å². The summed E-state index contributed by atoms with van der Waals surface area (Å²) < 4.78 is 0. The lowest BCUT2D eigenvalue weighted by molar-refractivity contribution is -0.123. The first kappa shape index (κ1) is 15.3. The third-order valence-electron chi connectivity index (χ3n) is 5.32. The number of aliphatic hydroxyl groups is 1. The molecule has 2 unspecified atom stereocenters. The number of piperidine rings is 1.